The first kappa shape index (κ1) is 22.0. The number of anilines is 2. The van der Waals surface area contributed by atoms with Gasteiger partial charge in [0.15, 0.2) is 0 Å². The minimum Gasteiger partial charge on any atom is -0.296 e. The Morgan fingerprint density at radius 2 is 1.15 bits per heavy atom. The highest BCUT2D eigenvalue weighted by atomic mass is 31.2. The van der Waals surface area contributed by atoms with E-state index in [9.17, 15) is 18.7 Å². The number of nitrogens with zero attached hydrogens (tertiary/aromatic N) is 1. The maximum Gasteiger partial charge on any atom is 0.435 e. The van der Waals surface area contributed by atoms with E-state index in [2.05, 4.69) is 33.7 Å². The van der Waals surface area contributed by atoms with Crippen molar-refractivity contribution in [2.45, 2.75) is 0 Å². The summed E-state index contributed by atoms with van der Waals surface area (Å²) in [5.74, 6) is 0.0291. The van der Waals surface area contributed by atoms with Gasteiger partial charge in [-0.3, -0.25) is 28.7 Å². The lowest BCUT2D eigenvalue weighted by atomic mass is 10.4. The third-order valence-electron chi connectivity index (χ3n) is 2.67. The normalized spacial score (nSPS) is 11.5. The van der Waals surface area contributed by atoms with E-state index in [0.29, 0.717) is 0 Å². The summed E-state index contributed by atoms with van der Waals surface area (Å²) in [6.07, 6.45) is 0. The molecule has 0 aliphatic carbocycles. The number of nitrogens with one attached hydrogen (secondary N) is 4. The van der Waals surface area contributed by atoms with Crippen molar-refractivity contribution in [3.8, 4) is 0 Å². The van der Waals surface area contributed by atoms with Crippen LogP contribution in [0.4, 0.5) is 21.2 Å². The Bertz CT molecular complexity index is 672. The maximum atomic E-state index is 11.8. The Labute approximate surface area is 149 Å². The highest BCUT2D eigenvalue weighted by molar-refractivity contribution is 7.52. The molecule has 0 spiro atoms. The van der Waals surface area contributed by atoms with Crippen molar-refractivity contribution < 1.29 is 36.8 Å². The van der Waals surface area contributed by atoms with Gasteiger partial charge >= 0.3 is 27.6 Å². The number of carbonyl (C=O) groups is 2. The summed E-state index contributed by atoms with van der Waals surface area (Å²) in [5.41, 5.74) is 0. The molecule has 0 saturated carbocycles. The van der Waals surface area contributed by atoms with E-state index < -0.39 is 27.6 Å². The molecule has 1 heterocycles. The molecule has 1 aromatic heterocycles. The second-order valence-corrected chi connectivity index (χ2v) is 8.16. The largest absolute Gasteiger partial charge is 0.435 e. The van der Waals surface area contributed by atoms with Crippen LogP contribution in [0.5, 0.6) is 0 Å². The van der Waals surface area contributed by atoms with Crippen LogP contribution in [0.2, 0.25) is 0 Å². The molecule has 0 aliphatic rings. The number of hydrogen-bond acceptors (Lipinski definition) is 9. The van der Waals surface area contributed by atoms with E-state index in [1.54, 1.807) is 0 Å². The number of rotatable bonds is 8. The van der Waals surface area contributed by atoms with Gasteiger partial charge in [0.25, 0.3) is 0 Å². The summed E-state index contributed by atoms with van der Waals surface area (Å²) < 4.78 is 41.9. The summed E-state index contributed by atoms with van der Waals surface area (Å²) in [6, 6.07) is 2.46. The Morgan fingerprint density at radius 1 is 0.808 bits per heavy atom. The van der Waals surface area contributed by atoms with Crippen LogP contribution in [0.15, 0.2) is 18.2 Å². The van der Waals surface area contributed by atoms with Crippen molar-refractivity contribution in [3.05, 3.63) is 18.2 Å². The summed E-state index contributed by atoms with van der Waals surface area (Å²) in [5, 5.41) is 8.56. The average Bonchev–Trinajstić information content (AvgIpc) is 2.61. The minimum atomic E-state index is -3.77. The molecule has 0 saturated heterocycles. The maximum absolute atomic E-state index is 11.8. The molecular weight excluding hydrogens is 392 g/mol. The Morgan fingerprint density at radius 3 is 1.46 bits per heavy atom. The van der Waals surface area contributed by atoms with Crippen molar-refractivity contribution in [3.63, 3.8) is 0 Å². The number of urea groups is 2. The van der Waals surface area contributed by atoms with Gasteiger partial charge < -0.3 is 0 Å². The predicted octanol–water partition coefficient (Wildman–Crippen LogP) is 2.13. The van der Waals surface area contributed by atoms with Crippen molar-refractivity contribution in [1.29, 1.82) is 0 Å². The summed E-state index contributed by atoms with van der Waals surface area (Å²) in [6.45, 7) is 0. The van der Waals surface area contributed by atoms with Crippen molar-refractivity contribution >= 4 is 39.2 Å². The predicted molar refractivity (Wildman–Crippen MR) is 91.8 cm³/mol. The molecule has 146 valence electrons. The lowest BCUT2D eigenvalue weighted by Gasteiger charge is -2.15. The molecule has 0 fully saturated rings. The first-order chi connectivity index (χ1) is 12.2. The van der Waals surface area contributed by atoms with Gasteiger partial charge in [0, 0.05) is 28.4 Å². The van der Waals surface area contributed by atoms with Crippen LogP contribution in [-0.4, -0.2) is 45.5 Å². The zero-order valence-corrected chi connectivity index (χ0v) is 16.1. The Hall–Kier alpha value is -2.01. The molecule has 0 bridgehead atoms. The molecule has 4 amide bonds. The van der Waals surface area contributed by atoms with Crippen LogP contribution in [0.3, 0.4) is 0 Å². The molecule has 13 nitrogen and oxygen atoms in total. The van der Waals surface area contributed by atoms with Gasteiger partial charge in [0.2, 0.25) is 0 Å². The minimum absolute atomic E-state index is 0.0146. The van der Waals surface area contributed by atoms with Gasteiger partial charge in [0.05, 0.1) is 0 Å². The van der Waals surface area contributed by atoms with Crippen LogP contribution in [0.25, 0.3) is 0 Å². The standard InChI is InChI=1S/C11H19N5O8P2/c1-21-25(19,22-2)15-10(17)13-8-6-5-7-9(12-8)14-11(18)16-26(20,23-3)24-4/h5-7H,1-4H3,(H4,12,13,14,15,16,17,18,19,20). The van der Waals surface area contributed by atoms with E-state index in [4.69, 9.17) is 0 Å². The third kappa shape index (κ3) is 6.71. The molecule has 26 heavy (non-hydrogen) atoms. The molecule has 0 unspecified atom stereocenters. The number of pyridine rings is 1. The Balaban J connectivity index is 2.74. The molecular formula is C11H19N5O8P2. The van der Waals surface area contributed by atoms with Gasteiger partial charge in [-0.1, -0.05) is 6.07 Å². The zero-order chi connectivity index (χ0) is 19.8. The lowest BCUT2D eigenvalue weighted by Crippen LogP contribution is -2.29. The molecule has 0 radical (unpaired) electrons. The van der Waals surface area contributed by atoms with Gasteiger partial charge in [-0.15, -0.1) is 0 Å². The highest BCUT2D eigenvalue weighted by Crippen LogP contribution is 2.41. The summed E-state index contributed by atoms with van der Waals surface area (Å²) in [4.78, 5) is 27.5. The fourth-order valence-electron chi connectivity index (χ4n) is 1.44. The van der Waals surface area contributed by atoms with E-state index in [1.807, 2.05) is 10.2 Å². The quantitative estimate of drug-likeness (QED) is 0.469. The molecule has 0 atom stereocenters. The van der Waals surface area contributed by atoms with E-state index >= 15 is 0 Å². The van der Waals surface area contributed by atoms with E-state index in [0.717, 1.165) is 28.4 Å². The fourth-order valence-corrected chi connectivity index (χ4v) is 2.72. The average molecular weight is 411 g/mol. The fraction of sp³-hybridized carbons (Fsp3) is 0.364. The second-order valence-electron chi connectivity index (χ2n) is 4.27. The summed E-state index contributed by atoms with van der Waals surface area (Å²) in [7, 11) is -3.13. The molecule has 0 aliphatic heterocycles. The number of amides is 4. The SMILES string of the molecule is COP(=O)(NC(=O)Nc1cccc(NC(=O)NP(=O)(OC)OC)n1)OC. The van der Waals surface area contributed by atoms with Crippen LogP contribution >= 0.6 is 15.5 Å². The van der Waals surface area contributed by atoms with Crippen LogP contribution in [0, 0.1) is 0 Å². The number of hydrogen-bond donors (Lipinski definition) is 4. The third-order valence-corrected chi connectivity index (χ3v) is 5.55. The number of carbonyl (C=O) groups excluding carboxylic acids is 2. The molecule has 4 N–H and O–H groups in total. The monoisotopic (exact) mass is 411 g/mol. The molecule has 0 aromatic carbocycles. The summed E-state index contributed by atoms with van der Waals surface area (Å²) >= 11 is 0. The lowest BCUT2D eigenvalue weighted by molar-refractivity contribution is 0.240. The zero-order valence-electron chi connectivity index (χ0n) is 14.3. The second kappa shape index (κ2) is 9.62. The highest BCUT2D eigenvalue weighted by Gasteiger charge is 2.25. The van der Waals surface area contributed by atoms with E-state index in [-0.39, 0.29) is 11.6 Å². The van der Waals surface area contributed by atoms with Crippen LogP contribution < -0.4 is 20.8 Å². The smallest absolute Gasteiger partial charge is 0.296 e. The molecule has 15 heteroatoms. The first-order valence-corrected chi connectivity index (χ1v) is 9.86. The molecule has 1 aromatic rings. The van der Waals surface area contributed by atoms with E-state index in [1.165, 1.54) is 18.2 Å². The van der Waals surface area contributed by atoms with Gasteiger partial charge in [-0.2, -0.15) is 0 Å². The first-order valence-electron chi connectivity index (χ1n) is 6.78. The molecule has 1 rings (SSSR count). The van der Waals surface area contributed by atoms with Crippen molar-refractivity contribution in [2.75, 3.05) is 39.1 Å². The topological polar surface area (TPSA) is 166 Å². The van der Waals surface area contributed by atoms with Crippen LogP contribution in [-0.2, 0) is 27.2 Å². The van der Waals surface area contributed by atoms with Gasteiger partial charge in [0.1, 0.15) is 11.6 Å². The van der Waals surface area contributed by atoms with Crippen LogP contribution in [0.1, 0.15) is 0 Å². The number of aromatic nitrogens is 1. The van der Waals surface area contributed by atoms with Crippen molar-refractivity contribution in [2.24, 2.45) is 0 Å². The Kier molecular flexibility index (Phi) is 8.15. The van der Waals surface area contributed by atoms with Gasteiger partial charge in [-0.05, 0) is 12.1 Å². The van der Waals surface area contributed by atoms with Gasteiger partial charge in [-0.25, -0.2) is 33.9 Å². The van der Waals surface area contributed by atoms with Crippen molar-refractivity contribution in [1.82, 2.24) is 15.2 Å².